The van der Waals surface area contributed by atoms with Gasteiger partial charge < -0.3 is 10.1 Å². The van der Waals surface area contributed by atoms with Crippen molar-refractivity contribution in [2.75, 3.05) is 12.4 Å². The van der Waals surface area contributed by atoms with Crippen LogP contribution in [0.2, 0.25) is 0 Å². The molecule has 0 atom stereocenters. The molecule has 0 fully saturated rings. The van der Waals surface area contributed by atoms with E-state index in [9.17, 15) is 14.9 Å². The molecule has 1 aromatic carbocycles. The molecule has 0 aliphatic rings. The molecule has 0 saturated heterocycles. The number of rotatable bonds is 3. The van der Waals surface area contributed by atoms with Crippen LogP contribution in [0.1, 0.15) is 6.92 Å². The molecule has 86 valence electrons. The number of hydrogen-bond acceptors (Lipinski definition) is 4. The van der Waals surface area contributed by atoms with Gasteiger partial charge in [0.1, 0.15) is 0 Å². The molecule has 6 nitrogen and oxygen atoms in total. The van der Waals surface area contributed by atoms with E-state index in [1.165, 1.54) is 26.2 Å². The first kappa shape index (κ1) is 12.7. The molecule has 1 N–H and O–H groups in total. The fourth-order valence-corrected chi connectivity index (χ4v) is 2.00. The number of benzene rings is 1. The van der Waals surface area contributed by atoms with E-state index in [4.69, 9.17) is 4.74 Å². The summed E-state index contributed by atoms with van der Waals surface area (Å²) in [6.45, 7) is 1.32. The molecule has 1 aromatic rings. The minimum atomic E-state index is -0.521. The normalized spacial score (nSPS) is 9.69. The summed E-state index contributed by atoms with van der Waals surface area (Å²) >= 11 is 1.91. The molecule has 7 heteroatoms. The van der Waals surface area contributed by atoms with Gasteiger partial charge in [0.25, 0.3) is 5.69 Å². The maximum Gasteiger partial charge on any atom is 0.272 e. The average molecular weight is 336 g/mol. The molecule has 0 saturated carbocycles. The number of halogens is 1. The van der Waals surface area contributed by atoms with Gasteiger partial charge in [0.05, 0.1) is 21.3 Å². The van der Waals surface area contributed by atoms with Gasteiger partial charge in [-0.15, -0.1) is 0 Å². The van der Waals surface area contributed by atoms with Crippen LogP contribution < -0.4 is 10.1 Å². The minimum absolute atomic E-state index is 0.0889. The van der Waals surface area contributed by atoms with Gasteiger partial charge in [0, 0.05) is 19.1 Å². The predicted molar refractivity (Wildman–Crippen MR) is 66.7 cm³/mol. The summed E-state index contributed by atoms with van der Waals surface area (Å²) in [6, 6.07) is 2.65. The highest BCUT2D eigenvalue weighted by Gasteiger charge is 2.16. The van der Waals surface area contributed by atoms with Gasteiger partial charge in [-0.05, 0) is 22.6 Å². The Morgan fingerprint density at radius 1 is 1.56 bits per heavy atom. The standard InChI is InChI=1S/C9H9IN2O4/c1-5(13)11-8-4-6(12(14)15)3-7(10)9(8)16-2/h3-4H,1-2H3,(H,11,13). The zero-order chi connectivity index (χ0) is 12.3. The van der Waals surface area contributed by atoms with Gasteiger partial charge in [0.15, 0.2) is 5.75 Å². The van der Waals surface area contributed by atoms with Crippen LogP contribution in [0.25, 0.3) is 0 Å². The first-order chi connectivity index (χ1) is 7.45. The van der Waals surface area contributed by atoms with Crippen LogP contribution in [0.15, 0.2) is 12.1 Å². The monoisotopic (exact) mass is 336 g/mol. The molecule has 0 spiro atoms. The molecule has 0 unspecified atom stereocenters. The van der Waals surface area contributed by atoms with Crippen LogP contribution >= 0.6 is 22.6 Å². The summed E-state index contributed by atoms with van der Waals surface area (Å²) in [4.78, 5) is 21.1. The topological polar surface area (TPSA) is 81.5 Å². The van der Waals surface area contributed by atoms with Crippen molar-refractivity contribution >= 4 is 39.9 Å². The number of carbonyl (C=O) groups is 1. The molecule has 0 bridgehead atoms. The summed E-state index contributed by atoms with van der Waals surface area (Å²) in [7, 11) is 1.44. The maximum atomic E-state index is 10.9. The molecule has 0 heterocycles. The number of non-ortho nitro benzene ring substituents is 1. The van der Waals surface area contributed by atoms with Crippen LogP contribution in [-0.4, -0.2) is 17.9 Å². The van der Waals surface area contributed by atoms with Gasteiger partial charge in [0.2, 0.25) is 5.91 Å². The van der Waals surface area contributed by atoms with Crippen molar-refractivity contribution in [3.8, 4) is 5.75 Å². The second-order valence-electron chi connectivity index (χ2n) is 2.95. The van der Waals surface area contributed by atoms with Gasteiger partial charge in [-0.25, -0.2) is 0 Å². The van der Waals surface area contributed by atoms with Crippen LogP contribution in [0, 0.1) is 13.7 Å². The lowest BCUT2D eigenvalue weighted by Crippen LogP contribution is -2.08. The van der Waals surface area contributed by atoms with E-state index in [2.05, 4.69) is 5.32 Å². The highest BCUT2D eigenvalue weighted by molar-refractivity contribution is 14.1. The van der Waals surface area contributed by atoms with Crippen molar-refractivity contribution < 1.29 is 14.5 Å². The number of nitrogens with zero attached hydrogens (tertiary/aromatic N) is 1. The van der Waals surface area contributed by atoms with Crippen LogP contribution in [0.4, 0.5) is 11.4 Å². The molecule has 1 rings (SSSR count). The smallest absolute Gasteiger partial charge is 0.272 e. The van der Waals surface area contributed by atoms with Crippen LogP contribution in [0.3, 0.4) is 0 Å². The largest absolute Gasteiger partial charge is 0.493 e. The van der Waals surface area contributed by atoms with Gasteiger partial charge in [-0.2, -0.15) is 0 Å². The Kier molecular flexibility index (Phi) is 4.05. The van der Waals surface area contributed by atoms with Gasteiger partial charge in [-0.3, -0.25) is 14.9 Å². The number of nitro groups is 1. The summed E-state index contributed by atoms with van der Waals surface area (Å²) in [5.74, 6) is 0.107. The third kappa shape index (κ3) is 2.81. The molecule has 0 aromatic heterocycles. The molecule has 16 heavy (non-hydrogen) atoms. The fraction of sp³-hybridized carbons (Fsp3) is 0.222. The maximum absolute atomic E-state index is 10.9. The summed E-state index contributed by atoms with van der Waals surface area (Å²) in [5.41, 5.74) is 0.211. The fourth-order valence-electron chi connectivity index (χ4n) is 1.17. The van der Waals surface area contributed by atoms with E-state index in [0.717, 1.165) is 0 Å². The quantitative estimate of drug-likeness (QED) is 0.521. The SMILES string of the molecule is COc1c(I)cc([N+](=O)[O-])cc1NC(C)=O. The van der Waals surface area contributed by atoms with Crippen LogP contribution in [-0.2, 0) is 4.79 Å². The molecule has 1 amide bonds. The number of hydrogen-bond donors (Lipinski definition) is 1. The lowest BCUT2D eigenvalue weighted by Gasteiger charge is -2.10. The summed E-state index contributed by atoms with van der Waals surface area (Å²) in [6.07, 6.45) is 0. The van der Waals surface area contributed by atoms with E-state index in [-0.39, 0.29) is 11.6 Å². The Balaban J connectivity index is 3.30. The van der Waals surface area contributed by atoms with Crippen LogP contribution in [0.5, 0.6) is 5.75 Å². The van der Waals surface area contributed by atoms with Crippen molar-refractivity contribution in [3.05, 3.63) is 25.8 Å². The first-order valence-electron chi connectivity index (χ1n) is 4.25. The average Bonchev–Trinajstić information content (AvgIpc) is 2.16. The second kappa shape index (κ2) is 5.10. The first-order valence-corrected chi connectivity index (χ1v) is 5.33. The highest BCUT2D eigenvalue weighted by atomic mass is 127. The van der Waals surface area contributed by atoms with Crippen molar-refractivity contribution in [1.29, 1.82) is 0 Å². The third-order valence-corrected chi connectivity index (χ3v) is 2.56. The second-order valence-corrected chi connectivity index (χ2v) is 4.11. The Morgan fingerprint density at radius 2 is 2.19 bits per heavy atom. The highest BCUT2D eigenvalue weighted by Crippen LogP contribution is 2.34. The van der Waals surface area contributed by atoms with Crippen molar-refractivity contribution in [2.45, 2.75) is 6.92 Å². The number of amides is 1. The Hall–Kier alpha value is -1.38. The van der Waals surface area contributed by atoms with Gasteiger partial charge >= 0.3 is 0 Å². The van der Waals surface area contributed by atoms with E-state index in [1.54, 1.807) is 0 Å². The van der Waals surface area contributed by atoms with Crippen molar-refractivity contribution in [2.24, 2.45) is 0 Å². The van der Waals surface area contributed by atoms with E-state index < -0.39 is 4.92 Å². The Bertz CT molecular complexity index is 447. The number of nitro benzene ring substituents is 1. The molecule has 0 aliphatic heterocycles. The Morgan fingerprint density at radius 3 is 2.62 bits per heavy atom. The lowest BCUT2D eigenvalue weighted by atomic mass is 10.2. The van der Waals surface area contributed by atoms with E-state index in [0.29, 0.717) is 15.0 Å². The molecular weight excluding hydrogens is 327 g/mol. The molecule has 0 radical (unpaired) electrons. The minimum Gasteiger partial charge on any atom is -0.493 e. The number of carbonyl (C=O) groups excluding carboxylic acids is 1. The van der Waals surface area contributed by atoms with Crippen molar-refractivity contribution in [1.82, 2.24) is 0 Å². The Labute approximate surface area is 105 Å². The number of anilines is 1. The number of ether oxygens (including phenoxy) is 1. The third-order valence-electron chi connectivity index (χ3n) is 1.75. The lowest BCUT2D eigenvalue weighted by molar-refractivity contribution is -0.384. The van der Waals surface area contributed by atoms with E-state index >= 15 is 0 Å². The number of nitrogens with one attached hydrogen (secondary N) is 1. The number of methoxy groups -OCH3 is 1. The van der Waals surface area contributed by atoms with E-state index in [1.807, 2.05) is 22.6 Å². The summed E-state index contributed by atoms with van der Waals surface area (Å²) < 4.78 is 5.63. The zero-order valence-corrected chi connectivity index (χ0v) is 10.8. The molecular formula is C9H9IN2O4. The summed E-state index contributed by atoms with van der Waals surface area (Å²) in [5, 5.41) is 13.1. The van der Waals surface area contributed by atoms with Crippen molar-refractivity contribution in [3.63, 3.8) is 0 Å². The molecule has 0 aliphatic carbocycles. The zero-order valence-electron chi connectivity index (χ0n) is 8.61. The van der Waals surface area contributed by atoms with Gasteiger partial charge in [-0.1, -0.05) is 0 Å². The predicted octanol–water partition coefficient (Wildman–Crippen LogP) is 2.17.